The van der Waals surface area contributed by atoms with E-state index in [1.165, 1.54) is 7.11 Å². The number of anilines is 1. The molecule has 1 aromatic heterocycles. The Morgan fingerprint density at radius 3 is 2.32 bits per heavy atom. The number of nitrogens with one attached hydrogen (secondary N) is 1. The minimum atomic E-state index is -0.241. The first-order chi connectivity index (χ1) is 14.9. The number of nitrogens with zero attached hydrogens (tertiary/aromatic N) is 2. The number of hydrogen-bond acceptors (Lipinski definition) is 5. The van der Waals surface area contributed by atoms with E-state index in [0.717, 1.165) is 28.4 Å². The monoisotopic (exact) mass is 421 g/mol. The number of esters is 1. The summed E-state index contributed by atoms with van der Waals surface area (Å²) in [5.41, 5.74) is 4.97. The summed E-state index contributed by atoms with van der Waals surface area (Å²) in [6.45, 7) is 6.42. The van der Waals surface area contributed by atoms with E-state index in [1.807, 2.05) is 61.9 Å². The molecule has 0 bridgehead atoms. The van der Waals surface area contributed by atoms with Gasteiger partial charge in [-0.1, -0.05) is 0 Å². The van der Waals surface area contributed by atoms with Crippen LogP contribution in [0.5, 0.6) is 5.75 Å². The highest BCUT2D eigenvalue weighted by atomic mass is 16.5. The third kappa shape index (κ3) is 5.31. The Morgan fingerprint density at radius 2 is 1.71 bits per heavy atom. The number of amides is 1. The van der Waals surface area contributed by atoms with Crippen LogP contribution in [0, 0.1) is 13.8 Å². The molecule has 0 atom stereocenters. The molecule has 0 unspecified atom stereocenters. The lowest BCUT2D eigenvalue weighted by Crippen LogP contribution is -2.12. The lowest BCUT2D eigenvalue weighted by Gasteiger charge is -2.09. The van der Waals surface area contributed by atoms with Gasteiger partial charge in [-0.25, -0.2) is 4.68 Å². The molecule has 7 nitrogen and oxygen atoms in total. The van der Waals surface area contributed by atoms with Gasteiger partial charge in [0.2, 0.25) is 0 Å². The molecule has 2 aromatic carbocycles. The molecule has 0 radical (unpaired) electrons. The van der Waals surface area contributed by atoms with Crippen molar-refractivity contribution in [1.29, 1.82) is 0 Å². The van der Waals surface area contributed by atoms with Crippen LogP contribution < -0.4 is 10.1 Å². The number of carbonyl (C=O) groups is 2. The predicted octanol–water partition coefficient (Wildman–Crippen LogP) is 4.25. The first-order valence-electron chi connectivity index (χ1n) is 10.2. The van der Waals surface area contributed by atoms with Crippen molar-refractivity contribution in [3.63, 3.8) is 0 Å². The van der Waals surface area contributed by atoms with Crippen LogP contribution in [-0.2, 0) is 16.0 Å². The maximum atomic E-state index is 12.6. The summed E-state index contributed by atoms with van der Waals surface area (Å²) in [4.78, 5) is 24.0. The van der Waals surface area contributed by atoms with Gasteiger partial charge in [-0.15, -0.1) is 0 Å². The van der Waals surface area contributed by atoms with Crippen molar-refractivity contribution in [2.45, 2.75) is 33.6 Å². The molecule has 1 amide bonds. The van der Waals surface area contributed by atoms with E-state index >= 15 is 0 Å². The highest BCUT2D eigenvalue weighted by Crippen LogP contribution is 2.21. The van der Waals surface area contributed by atoms with Gasteiger partial charge >= 0.3 is 5.97 Å². The minimum Gasteiger partial charge on any atom is -0.494 e. The smallest absolute Gasteiger partial charge is 0.305 e. The fraction of sp³-hybridized carbons (Fsp3) is 0.292. The average Bonchev–Trinajstić information content (AvgIpc) is 3.07. The van der Waals surface area contributed by atoms with E-state index in [2.05, 4.69) is 10.4 Å². The predicted molar refractivity (Wildman–Crippen MR) is 119 cm³/mol. The van der Waals surface area contributed by atoms with E-state index in [1.54, 1.807) is 12.1 Å². The molecular weight excluding hydrogens is 394 g/mol. The standard InChI is InChI=1S/C24H27N3O4/c1-5-31-21-12-8-19(9-13-21)25-24(29)18-6-10-20(11-7-18)27-17(3)22(16(2)26-27)14-15-23(28)30-4/h6-13H,5,14-15H2,1-4H3,(H,25,29). The molecule has 0 aliphatic carbocycles. The fourth-order valence-corrected chi connectivity index (χ4v) is 3.38. The van der Waals surface area contributed by atoms with Gasteiger partial charge in [0.05, 0.1) is 25.1 Å². The summed E-state index contributed by atoms with van der Waals surface area (Å²) in [6, 6.07) is 14.5. The normalized spacial score (nSPS) is 10.6. The topological polar surface area (TPSA) is 82.5 Å². The van der Waals surface area contributed by atoms with Gasteiger partial charge in [0, 0.05) is 23.4 Å². The van der Waals surface area contributed by atoms with Crippen molar-refractivity contribution in [2.24, 2.45) is 0 Å². The fourth-order valence-electron chi connectivity index (χ4n) is 3.38. The van der Waals surface area contributed by atoms with Gasteiger partial charge in [0.1, 0.15) is 5.75 Å². The molecular formula is C24H27N3O4. The average molecular weight is 421 g/mol. The zero-order chi connectivity index (χ0) is 22.4. The molecule has 0 spiro atoms. The molecule has 3 aromatic rings. The van der Waals surface area contributed by atoms with E-state index in [4.69, 9.17) is 9.47 Å². The number of aromatic nitrogens is 2. The van der Waals surface area contributed by atoms with Gasteiger partial charge in [-0.2, -0.15) is 5.10 Å². The second-order valence-corrected chi connectivity index (χ2v) is 7.10. The van der Waals surface area contributed by atoms with Crippen molar-refractivity contribution >= 4 is 17.6 Å². The van der Waals surface area contributed by atoms with Crippen LogP contribution in [-0.4, -0.2) is 35.4 Å². The third-order valence-electron chi connectivity index (χ3n) is 5.05. The molecule has 31 heavy (non-hydrogen) atoms. The second kappa shape index (κ2) is 9.93. The Hall–Kier alpha value is -3.61. The van der Waals surface area contributed by atoms with E-state index in [0.29, 0.717) is 30.7 Å². The summed E-state index contributed by atoms with van der Waals surface area (Å²) in [5.74, 6) is 0.331. The second-order valence-electron chi connectivity index (χ2n) is 7.10. The lowest BCUT2D eigenvalue weighted by atomic mass is 10.1. The number of hydrogen-bond donors (Lipinski definition) is 1. The molecule has 3 rings (SSSR count). The van der Waals surface area contributed by atoms with Gasteiger partial charge in [-0.3, -0.25) is 9.59 Å². The van der Waals surface area contributed by atoms with Gasteiger partial charge < -0.3 is 14.8 Å². The Bertz CT molecular complexity index is 1050. The zero-order valence-corrected chi connectivity index (χ0v) is 18.3. The SMILES string of the molecule is CCOc1ccc(NC(=O)c2ccc(-n3nc(C)c(CCC(=O)OC)c3C)cc2)cc1. The molecule has 0 aliphatic rings. The Labute approximate surface area is 182 Å². The van der Waals surface area contributed by atoms with Gasteiger partial charge in [-0.05, 0) is 81.3 Å². The Morgan fingerprint density at radius 1 is 1.03 bits per heavy atom. The summed E-state index contributed by atoms with van der Waals surface area (Å²) >= 11 is 0. The first-order valence-corrected chi connectivity index (χ1v) is 10.2. The quantitative estimate of drug-likeness (QED) is 0.550. The minimum absolute atomic E-state index is 0.192. The van der Waals surface area contributed by atoms with E-state index < -0.39 is 0 Å². The van der Waals surface area contributed by atoms with Crippen LogP contribution in [0.2, 0.25) is 0 Å². The molecule has 1 heterocycles. The number of rotatable bonds is 8. The van der Waals surface area contributed by atoms with Crippen LogP contribution in [0.15, 0.2) is 48.5 Å². The number of ether oxygens (including phenoxy) is 2. The maximum Gasteiger partial charge on any atom is 0.305 e. The summed E-state index contributed by atoms with van der Waals surface area (Å²) in [5, 5.41) is 7.49. The number of aryl methyl sites for hydroxylation is 1. The van der Waals surface area contributed by atoms with Crippen LogP contribution in [0.25, 0.3) is 5.69 Å². The van der Waals surface area contributed by atoms with Crippen molar-refractivity contribution in [1.82, 2.24) is 9.78 Å². The molecule has 0 saturated carbocycles. The van der Waals surface area contributed by atoms with E-state index in [-0.39, 0.29) is 11.9 Å². The molecule has 0 fully saturated rings. The molecule has 1 N–H and O–H groups in total. The highest BCUT2D eigenvalue weighted by Gasteiger charge is 2.15. The lowest BCUT2D eigenvalue weighted by molar-refractivity contribution is -0.140. The number of benzene rings is 2. The molecule has 162 valence electrons. The van der Waals surface area contributed by atoms with Crippen LogP contribution in [0.1, 0.15) is 40.7 Å². The summed E-state index contributed by atoms with van der Waals surface area (Å²) in [6.07, 6.45) is 0.890. The third-order valence-corrected chi connectivity index (χ3v) is 5.05. The van der Waals surface area contributed by atoms with Crippen molar-refractivity contribution in [3.05, 3.63) is 71.0 Å². The van der Waals surface area contributed by atoms with E-state index in [9.17, 15) is 9.59 Å². The van der Waals surface area contributed by atoms with Crippen molar-refractivity contribution < 1.29 is 19.1 Å². The molecule has 0 saturated heterocycles. The highest BCUT2D eigenvalue weighted by molar-refractivity contribution is 6.04. The Balaban J connectivity index is 1.71. The molecule has 7 heteroatoms. The number of carbonyl (C=O) groups excluding carboxylic acids is 2. The first kappa shape index (κ1) is 22.1. The zero-order valence-electron chi connectivity index (χ0n) is 18.3. The van der Waals surface area contributed by atoms with Crippen LogP contribution in [0.4, 0.5) is 5.69 Å². The van der Waals surface area contributed by atoms with Crippen molar-refractivity contribution in [3.8, 4) is 11.4 Å². The van der Waals surface area contributed by atoms with Gasteiger partial charge in [0.15, 0.2) is 0 Å². The molecule has 0 aliphatic heterocycles. The van der Waals surface area contributed by atoms with Crippen molar-refractivity contribution in [2.75, 3.05) is 19.0 Å². The van der Waals surface area contributed by atoms with Gasteiger partial charge in [0.25, 0.3) is 5.91 Å². The number of methoxy groups -OCH3 is 1. The summed E-state index contributed by atoms with van der Waals surface area (Å²) < 4.78 is 12.0. The Kier molecular flexibility index (Phi) is 7.07. The maximum absolute atomic E-state index is 12.6. The summed E-state index contributed by atoms with van der Waals surface area (Å²) in [7, 11) is 1.39. The largest absolute Gasteiger partial charge is 0.494 e. The van der Waals surface area contributed by atoms with Crippen LogP contribution in [0.3, 0.4) is 0 Å². The van der Waals surface area contributed by atoms with Crippen LogP contribution >= 0.6 is 0 Å².